The largest absolute Gasteiger partial charge is 0.466 e. The van der Waals surface area contributed by atoms with Crippen LogP contribution in [0.4, 0.5) is 0 Å². The summed E-state index contributed by atoms with van der Waals surface area (Å²) in [5.74, 6) is 0.816. The number of esters is 1. The maximum absolute atomic E-state index is 10.6. The normalized spacial score (nSPS) is 10.4. The van der Waals surface area contributed by atoms with E-state index in [2.05, 4.69) is 15.1 Å². The third kappa shape index (κ3) is 4.17. The fourth-order valence-corrected chi connectivity index (χ4v) is 1.55. The molecule has 2 aromatic rings. The fraction of sp³-hybridized carbons (Fsp3) is 0.385. The SMILES string of the molecule is CC(=O)OCCCCc1noc(-c2ccccn2)n1. The summed E-state index contributed by atoms with van der Waals surface area (Å²) in [7, 11) is 0. The lowest BCUT2D eigenvalue weighted by Gasteiger charge is -1.99. The van der Waals surface area contributed by atoms with Crippen LogP contribution in [0.25, 0.3) is 11.6 Å². The van der Waals surface area contributed by atoms with Gasteiger partial charge in [-0.2, -0.15) is 4.98 Å². The molecule has 0 aliphatic heterocycles. The predicted octanol–water partition coefficient (Wildman–Crippen LogP) is 2.02. The molecule has 0 bridgehead atoms. The number of rotatable bonds is 6. The van der Waals surface area contributed by atoms with Crippen LogP contribution in [0.15, 0.2) is 28.9 Å². The molecule has 2 heterocycles. The Morgan fingerprint density at radius 2 is 2.26 bits per heavy atom. The Hall–Kier alpha value is -2.24. The van der Waals surface area contributed by atoms with Gasteiger partial charge in [-0.05, 0) is 25.0 Å². The van der Waals surface area contributed by atoms with Gasteiger partial charge in [0.15, 0.2) is 5.82 Å². The van der Waals surface area contributed by atoms with E-state index in [0.29, 0.717) is 30.4 Å². The zero-order chi connectivity index (χ0) is 13.5. The summed E-state index contributed by atoms with van der Waals surface area (Å²) in [5.41, 5.74) is 0.668. The predicted molar refractivity (Wildman–Crippen MR) is 67.1 cm³/mol. The lowest BCUT2D eigenvalue weighted by molar-refractivity contribution is -0.141. The molecule has 0 spiro atoms. The van der Waals surface area contributed by atoms with Gasteiger partial charge in [0.25, 0.3) is 5.89 Å². The van der Waals surface area contributed by atoms with E-state index in [0.717, 1.165) is 12.8 Å². The Morgan fingerprint density at radius 3 is 3.00 bits per heavy atom. The summed E-state index contributed by atoms with van der Waals surface area (Å²) in [6.45, 7) is 1.83. The fourth-order valence-electron chi connectivity index (χ4n) is 1.55. The number of aromatic nitrogens is 3. The van der Waals surface area contributed by atoms with Gasteiger partial charge < -0.3 is 9.26 Å². The molecule has 0 unspecified atom stereocenters. The number of aryl methyl sites for hydroxylation is 1. The second-order valence-corrected chi connectivity index (χ2v) is 4.03. The molecule has 0 aliphatic rings. The number of carbonyl (C=O) groups excluding carboxylic acids is 1. The van der Waals surface area contributed by atoms with Gasteiger partial charge in [0.2, 0.25) is 0 Å². The second-order valence-electron chi connectivity index (χ2n) is 4.03. The molecule has 2 aromatic heterocycles. The number of hydrogen-bond donors (Lipinski definition) is 0. The minimum Gasteiger partial charge on any atom is -0.466 e. The van der Waals surface area contributed by atoms with Gasteiger partial charge >= 0.3 is 5.97 Å². The van der Waals surface area contributed by atoms with Crippen molar-refractivity contribution < 1.29 is 14.1 Å². The summed E-state index contributed by atoms with van der Waals surface area (Å²) >= 11 is 0. The Balaban J connectivity index is 1.80. The standard InChI is InChI=1S/C13H15N3O3/c1-10(17)18-9-5-3-7-12-15-13(19-16-12)11-6-2-4-8-14-11/h2,4,6,8H,3,5,7,9H2,1H3. The Kier molecular flexibility index (Phi) is 4.60. The van der Waals surface area contributed by atoms with Crippen molar-refractivity contribution in [1.82, 2.24) is 15.1 Å². The number of pyridine rings is 1. The molecule has 0 aromatic carbocycles. The van der Waals surface area contributed by atoms with Crippen LogP contribution in [0.1, 0.15) is 25.6 Å². The number of nitrogens with zero attached hydrogens (tertiary/aromatic N) is 3. The van der Waals surface area contributed by atoms with Crippen molar-refractivity contribution in [3.8, 4) is 11.6 Å². The molecule has 6 heteroatoms. The molecule has 6 nitrogen and oxygen atoms in total. The van der Waals surface area contributed by atoms with E-state index in [1.54, 1.807) is 6.20 Å². The second kappa shape index (κ2) is 6.63. The molecule has 0 saturated heterocycles. The zero-order valence-corrected chi connectivity index (χ0v) is 10.7. The van der Waals surface area contributed by atoms with Crippen LogP contribution < -0.4 is 0 Å². The summed E-state index contributed by atoms with van der Waals surface area (Å²) in [6.07, 6.45) is 4.00. The third-order valence-corrected chi connectivity index (χ3v) is 2.45. The van der Waals surface area contributed by atoms with Crippen LogP contribution in [0.5, 0.6) is 0 Å². The molecule has 0 saturated carbocycles. The lowest BCUT2D eigenvalue weighted by Crippen LogP contribution is -2.01. The molecule has 2 rings (SSSR count). The minimum atomic E-state index is -0.253. The van der Waals surface area contributed by atoms with Crippen LogP contribution in [0, 0.1) is 0 Å². The van der Waals surface area contributed by atoms with Crippen LogP contribution in [0.2, 0.25) is 0 Å². The highest BCUT2D eigenvalue weighted by atomic mass is 16.5. The molecule has 100 valence electrons. The number of ether oxygens (including phenoxy) is 1. The molecule has 0 radical (unpaired) electrons. The molecule has 0 atom stereocenters. The van der Waals surface area contributed by atoms with Crippen LogP contribution in [0.3, 0.4) is 0 Å². The van der Waals surface area contributed by atoms with Gasteiger partial charge in [-0.3, -0.25) is 9.78 Å². The van der Waals surface area contributed by atoms with Crippen molar-refractivity contribution in [2.45, 2.75) is 26.2 Å². The highest BCUT2D eigenvalue weighted by molar-refractivity contribution is 5.65. The lowest BCUT2D eigenvalue weighted by atomic mass is 10.2. The van der Waals surface area contributed by atoms with Gasteiger partial charge in [-0.15, -0.1) is 0 Å². The third-order valence-electron chi connectivity index (χ3n) is 2.45. The van der Waals surface area contributed by atoms with Crippen molar-refractivity contribution in [3.05, 3.63) is 30.2 Å². The van der Waals surface area contributed by atoms with Gasteiger partial charge in [0.05, 0.1) is 6.61 Å². The summed E-state index contributed by atoms with van der Waals surface area (Å²) < 4.78 is 9.98. The molecule has 19 heavy (non-hydrogen) atoms. The monoisotopic (exact) mass is 261 g/mol. The topological polar surface area (TPSA) is 78.1 Å². The van der Waals surface area contributed by atoms with E-state index in [1.165, 1.54) is 6.92 Å². The van der Waals surface area contributed by atoms with Crippen molar-refractivity contribution in [2.75, 3.05) is 6.61 Å². The first-order valence-electron chi connectivity index (χ1n) is 6.13. The van der Waals surface area contributed by atoms with Crippen LogP contribution in [-0.2, 0) is 16.0 Å². The highest BCUT2D eigenvalue weighted by Crippen LogP contribution is 2.14. The first kappa shape index (κ1) is 13.2. The van der Waals surface area contributed by atoms with Crippen LogP contribution in [-0.4, -0.2) is 27.7 Å². The summed E-state index contributed by atoms with van der Waals surface area (Å²) in [6, 6.07) is 5.51. The number of unbranched alkanes of at least 4 members (excludes halogenated alkanes) is 1. The van der Waals surface area contributed by atoms with Gasteiger partial charge in [-0.1, -0.05) is 11.2 Å². The van der Waals surface area contributed by atoms with Crippen molar-refractivity contribution in [1.29, 1.82) is 0 Å². The Labute approximate surface area is 110 Å². The Bertz CT molecular complexity index is 525. The van der Waals surface area contributed by atoms with Crippen molar-refractivity contribution in [3.63, 3.8) is 0 Å². The van der Waals surface area contributed by atoms with Gasteiger partial charge in [-0.25, -0.2) is 0 Å². The Morgan fingerprint density at radius 1 is 1.37 bits per heavy atom. The van der Waals surface area contributed by atoms with Crippen molar-refractivity contribution >= 4 is 5.97 Å². The van der Waals surface area contributed by atoms with Gasteiger partial charge in [0, 0.05) is 19.5 Å². The van der Waals surface area contributed by atoms with E-state index in [4.69, 9.17) is 9.26 Å². The quantitative estimate of drug-likeness (QED) is 0.584. The zero-order valence-electron chi connectivity index (χ0n) is 10.7. The van der Waals surface area contributed by atoms with E-state index in [9.17, 15) is 4.79 Å². The molecular formula is C13H15N3O3. The van der Waals surface area contributed by atoms with Crippen LogP contribution >= 0.6 is 0 Å². The van der Waals surface area contributed by atoms with E-state index in [-0.39, 0.29) is 5.97 Å². The minimum absolute atomic E-state index is 0.253. The average molecular weight is 261 g/mol. The maximum Gasteiger partial charge on any atom is 0.302 e. The number of carbonyl (C=O) groups is 1. The summed E-state index contributed by atoms with van der Waals surface area (Å²) in [5, 5.41) is 3.89. The highest BCUT2D eigenvalue weighted by Gasteiger charge is 2.08. The molecule has 0 amide bonds. The molecular weight excluding hydrogens is 246 g/mol. The smallest absolute Gasteiger partial charge is 0.302 e. The molecule has 0 aliphatic carbocycles. The maximum atomic E-state index is 10.6. The first-order chi connectivity index (χ1) is 9.25. The number of hydrogen-bond acceptors (Lipinski definition) is 6. The van der Waals surface area contributed by atoms with E-state index >= 15 is 0 Å². The van der Waals surface area contributed by atoms with E-state index < -0.39 is 0 Å². The summed E-state index contributed by atoms with van der Waals surface area (Å²) in [4.78, 5) is 19.0. The van der Waals surface area contributed by atoms with Crippen molar-refractivity contribution in [2.24, 2.45) is 0 Å². The van der Waals surface area contributed by atoms with E-state index in [1.807, 2.05) is 18.2 Å². The average Bonchev–Trinajstić information content (AvgIpc) is 2.88. The molecule has 0 fully saturated rings. The first-order valence-corrected chi connectivity index (χ1v) is 6.13. The van der Waals surface area contributed by atoms with Gasteiger partial charge in [0.1, 0.15) is 5.69 Å². The molecule has 0 N–H and O–H groups in total.